The molecule has 0 aliphatic rings. The predicted octanol–water partition coefficient (Wildman–Crippen LogP) is 10.0. The van der Waals surface area contributed by atoms with Crippen molar-refractivity contribution in [3.8, 4) is 0 Å². The van der Waals surface area contributed by atoms with Gasteiger partial charge in [-0.2, -0.15) is 0 Å². The summed E-state index contributed by atoms with van der Waals surface area (Å²) < 4.78 is 0. The van der Waals surface area contributed by atoms with Crippen LogP contribution in [0.1, 0.15) is 149 Å². The SMILES string of the molecule is C=C(CCCCCCCCCC)CC(CC)CCCCCCCCCC. The Morgan fingerprint density at radius 3 is 1.46 bits per heavy atom. The maximum Gasteiger partial charge on any atom is -0.0295 e. The summed E-state index contributed by atoms with van der Waals surface area (Å²) in [6, 6.07) is 0. The van der Waals surface area contributed by atoms with Crippen LogP contribution in [0.15, 0.2) is 12.2 Å². The second kappa shape index (κ2) is 21.0. The molecule has 0 amide bonds. The molecule has 0 aromatic rings. The van der Waals surface area contributed by atoms with Crippen LogP contribution < -0.4 is 0 Å². The standard InChI is InChI=1S/C26H52/c1-5-8-10-12-14-16-18-20-22-25(4)24-26(7-3)23-21-19-17-15-13-11-9-6-2/h26H,4-24H2,1-3H3. The topological polar surface area (TPSA) is 0 Å². The second-order valence-corrected chi connectivity index (χ2v) is 8.72. The van der Waals surface area contributed by atoms with Gasteiger partial charge in [0.2, 0.25) is 0 Å². The highest BCUT2D eigenvalue weighted by Crippen LogP contribution is 2.24. The number of unbranched alkanes of at least 4 members (excludes halogenated alkanes) is 14. The molecule has 1 atom stereocenters. The van der Waals surface area contributed by atoms with Gasteiger partial charge >= 0.3 is 0 Å². The largest absolute Gasteiger partial charge is 0.0999 e. The van der Waals surface area contributed by atoms with Crippen LogP contribution in [0.5, 0.6) is 0 Å². The Morgan fingerprint density at radius 2 is 1.00 bits per heavy atom. The fourth-order valence-electron chi connectivity index (χ4n) is 4.04. The first kappa shape index (κ1) is 25.7. The van der Waals surface area contributed by atoms with Crippen LogP contribution in [0, 0.1) is 5.92 Å². The number of hydrogen-bond acceptors (Lipinski definition) is 0. The van der Waals surface area contributed by atoms with Crippen molar-refractivity contribution < 1.29 is 0 Å². The molecule has 0 aliphatic heterocycles. The third kappa shape index (κ3) is 18.5. The van der Waals surface area contributed by atoms with E-state index in [0.29, 0.717) is 0 Å². The van der Waals surface area contributed by atoms with Crippen LogP contribution >= 0.6 is 0 Å². The van der Waals surface area contributed by atoms with Crippen LogP contribution in [0.3, 0.4) is 0 Å². The molecule has 156 valence electrons. The molecule has 0 heteroatoms. The highest BCUT2D eigenvalue weighted by atomic mass is 14.1. The van der Waals surface area contributed by atoms with Crippen molar-refractivity contribution in [1.29, 1.82) is 0 Å². The van der Waals surface area contributed by atoms with Gasteiger partial charge in [0.1, 0.15) is 0 Å². The Morgan fingerprint density at radius 1 is 0.577 bits per heavy atom. The zero-order valence-corrected chi connectivity index (χ0v) is 18.9. The van der Waals surface area contributed by atoms with E-state index in [0.717, 1.165) is 5.92 Å². The van der Waals surface area contributed by atoms with Crippen LogP contribution in [0.2, 0.25) is 0 Å². The van der Waals surface area contributed by atoms with E-state index in [2.05, 4.69) is 27.4 Å². The summed E-state index contributed by atoms with van der Waals surface area (Å²) in [7, 11) is 0. The van der Waals surface area contributed by atoms with E-state index in [4.69, 9.17) is 0 Å². The Hall–Kier alpha value is -0.260. The van der Waals surface area contributed by atoms with Crippen molar-refractivity contribution in [1.82, 2.24) is 0 Å². The Balaban J connectivity index is 3.49. The normalized spacial score (nSPS) is 12.4. The molecule has 0 saturated carbocycles. The molecule has 0 bridgehead atoms. The smallest absolute Gasteiger partial charge is 0.0295 e. The first-order valence-electron chi connectivity index (χ1n) is 12.4. The van der Waals surface area contributed by atoms with Gasteiger partial charge in [0, 0.05) is 0 Å². The van der Waals surface area contributed by atoms with Gasteiger partial charge in [0.05, 0.1) is 0 Å². The summed E-state index contributed by atoms with van der Waals surface area (Å²) in [6.45, 7) is 11.4. The van der Waals surface area contributed by atoms with Crippen molar-refractivity contribution in [3.05, 3.63) is 12.2 Å². The maximum atomic E-state index is 4.39. The molecular weight excluding hydrogens is 312 g/mol. The van der Waals surface area contributed by atoms with Crippen molar-refractivity contribution in [2.75, 3.05) is 0 Å². The Labute approximate surface area is 167 Å². The van der Waals surface area contributed by atoms with Crippen LogP contribution in [-0.2, 0) is 0 Å². The Kier molecular flexibility index (Phi) is 20.8. The number of allylic oxidation sites excluding steroid dienone is 1. The van der Waals surface area contributed by atoms with E-state index in [1.807, 2.05) is 0 Å². The summed E-state index contributed by atoms with van der Waals surface area (Å²) in [5, 5.41) is 0. The number of hydrogen-bond donors (Lipinski definition) is 0. The molecule has 0 saturated heterocycles. The van der Waals surface area contributed by atoms with Crippen molar-refractivity contribution in [2.45, 2.75) is 149 Å². The molecule has 0 aromatic heterocycles. The van der Waals surface area contributed by atoms with Gasteiger partial charge in [-0.3, -0.25) is 0 Å². The summed E-state index contributed by atoms with van der Waals surface area (Å²) in [5.41, 5.74) is 1.53. The van der Waals surface area contributed by atoms with E-state index in [9.17, 15) is 0 Å². The minimum atomic E-state index is 0.900. The van der Waals surface area contributed by atoms with Crippen LogP contribution in [-0.4, -0.2) is 0 Å². The molecule has 0 radical (unpaired) electrons. The molecule has 26 heavy (non-hydrogen) atoms. The van der Waals surface area contributed by atoms with E-state index in [1.165, 1.54) is 134 Å². The first-order chi connectivity index (χ1) is 12.7. The highest BCUT2D eigenvalue weighted by Gasteiger charge is 2.08. The third-order valence-electron chi connectivity index (χ3n) is 6.00. The molecule has 0 heterocycles. The monoisotopic (exact) mass is 364 g/mol. The van der Waals surface area contributed by atoms with Crippen molar-refractivity contribution >= 4 is 0 Å². The molecule has 0 rings (SSSR count). The molecular formula is C26H52. The highest BCUT2D eigenvalue weighted by molar-refractivity contribution is 4.95. The van der Waals surface area contributed by atoms with Crippen molar-refractivity contribution in [2.24, 2.45) is 5.92 Å². The minimum absolute atomic E-state index is 0.900. The predicted molar refractivity (Wildman–Crippen MR) is 122 cm³/mol. The van der Waals surface area contributed by atoms with Gasteiger partial charge in [-0.15, -0.1) is 0 Å². The zero-order chi connectivity index (χ0) is 19.3. The van der Waals surface area contributed by atoms with Gasteiger partial charge in [-0.05, 0) is 25.2 Å². The lowest BCUT2D eigenvalue weighted by atomic mass is 9.90. The number of rotatable bonds is 21. The zero-order valence-electron chi connectivity index (χ0n) is 18.9. The fourth-order valence-corrected chi connectivity index (χ4v) is 4.04. The van der Waals surface area contributed by atoms with E-state index < -0.39 is 0 Å². The summed E-state index contributed by atoms with van der Waals surface area (Å²) >= 11 is 0. The quantitative estimate of drug-likeness (QED) is 0.140. The van der Waals surface area contributed by atoms with E-state index in [1.54, 1.807) is 0 Å². The summed E-state index contributed by atoms with van der Waals surface area (Å²) in [6.07, 6.45) is 28.2. The summed E-state index contributed by atoms with van der Waals surface area (Å²) in [4.78, 5) is 0. The lowest BCUT2D eigenvalue weighted by Crippen LogP contribution is -2.01. The second-order valence-electron chi connectivity index (χ2n) is 8.72. The summed E-state index contributed by atoms with van der Waals surface area (Å²) in [5.74, 6) is 0.900. The molecule has 0 nitrogen and oxygen atoms in total. The van der Waals surface area contributed by atoms with Gasteiger partial charge in [-0.1, -0.05) is 142 Å². The molecule has 0 N–H and O–H groups in total. The van der Waals surface area contributed by atoms with Crippen molar-refractivity contribution in [3.63, 3.8) is 0 Å². The van der Waals surface area contributed by atoms with Crippen LogP contribution in [0.4, 0.5) is 0 Å². The lowest BCUT2D eigenvalue weighted by molar-refractivity contribution is 0.428. The van der Waals surface area contributed by atoms with Crippen LogP contribution in [0.25, 0.3) is 0 Å². The molecule has 0 aliphatic carbocycles. The average molecular weight is 365 g/mol. The minimum Gasteiger partial charge on any atom is -0.0999 e. The van der Waals surface area contributed by atoms with Gasteiger partial charge in [0.15, 0.2) is 0 Å². The molecule has 0 spiro atoms. The molecule has 1 unspecified atom stereocenters. The van der Waals surface area contributed by atoms with E-state index >= 15 is 0 Å². The molecule has 0 aromatic carbocycles. The lowest BCUT2D eigenvalue weighted by Gasteiger charge is -2.16. The first-order valence-corrected chi connectivity index (χ1v) is 12.4. The van der Waals surface area contributed by atoms with Gasteiger partial charge in [-0.25, -0.2) is 0 Å². The molecule has 0 fully saturated rings. The maximum absolute atomic E-state index is 4.39. The van der Waals surface area contributed by atoms with Gasteiger partial charge < -0.3 is 0 Å². The third-order valence-corrected chi connectivity index (χ3v) is 6.00. The fraction of sp³-hybridized carbons (Fsp3) is 0.923. The Bertz CT molecular complexity index is 278. The van der Waals surface area contributed by atoms with Gasteiger partial charge in [0.25, 0.3) is 0 Å². The average Bonchev–Trinajstić information content (AvgIpc) is 2.65. The van der Waals surface area contributed by atoms with E-state index in [-0.39, 0.29) is 0 Å².